The van der Waals surface area contributed by atoms with Crippen LogP contribution in [-0.2, 0) is 16.4 Å². The van der Waals surface area contributed by atoms with Crippen molar-refractivity contribution in [3.05, 3.63) is 46.7 Å². The number of pyridine rings is 1. The van der Waals surface area contributed by atoms with Gasteiger partial charge in [0.15, 0.2) is 0 Å². The Morgan fingerprint density at radius 1 is 1.35 bits per heavy atom. The fourth-order valence-electron chi connectivity index (χ4n) is 1.78. The summed E-state index contributed by atoms with van der Waals surface area (Å²) in [5.41, 5.74) is 7.20. The molecule has 0 amide bonds. The molecule has 3 N–H and O–H groups in total. The summed E-state index contributed by atoms with van der Waals surface area (Å²) >= 11 is 3.21. The lowest BCUT2D eigenvalue weighted by atomic mass is 10.1. The van der Waals surface area contributed by atoms with E-state index in [0.717, 1.165) is 0 Å². The third-order valence-corrected chi connectivity index (χ3v) is 4.84. The van der Waals surface area contributed by atoms with Gasteiger partial charge in [0, 0.05) is 11.9 Å². The smallest absolute Gasteiger partial charge is 0.262 e. The molecule has 5 nitrogen and oxygen atoms in total. The molecule has 2 aromatic rings. The summed E-state index contributed by atoms with van der Waals surface area (Å²) in [6.45, 7) is 1.89. The topological polar surface area (TPSA) is 85.1 Å². The van der Waals surface area contributed by atoms with E-state index in [4.69, 9.17) is 5.73 Å². The van der Waals surface area contributed by atoms with E-state index in [1.54, 1.807) is 30.5 Å². The number of anilines is 2. The van der Waals surface area contributed by atoms with Crippen LogP contribution in [0.4, 0.5) is 11.4 Å². The summed E-state index contributed by atoms with van der Waals surface area (Å²) < 4.78 is 27.9. The highest BCUT2D eigenvalue weighted by Gasteiger charge is 2.19. The van der Waals surface area contributed by atoms with Gasteiger partial charge >= 0.3 is 0 Å². The van der Waals surface area contributed by atoms with Gasteiger partial charge in [0.25, 0.3) is 10.0 Å². The SMILES string of the molecule is CCc1ccc(N)cc1S(=O)(=O)Nc1cccnc1Br. The van der Waals surface area contributed by atoms with Crippen molar-refractivity contribution in [2.45, 2.75) is 18.2 Å². The maximum absolute atomic E-state index is 12.5. The largest absolute Gasteiger partial charge is 0.399 e. The van der Waals surface area contributed by atoms with Gasteiger partial charge < -0.3 is 5.73 Å². The first-order valence-corrected chi connectivity index (χ1v) is 8.23. The first kappa shape index (κ1) is 14.8. The van der Waals surface area contributed by atoms with Crippen LogP contribution in [0.1, 0.15) is 12.5 Å². The molecule has 7 heteroatoms. The molecular weight excluding hydrogens is 342 g/mol. The zero-order valence-electron chi connectivity index (χ0n) is 10.8. The Hall–Kier alpha value is -1.60. The second kappa shape index (κ2) is 5.80. The van der Waals surface area contributed by atoms with Crippen molar-refractivity contribution in [3.8, 4) is 0 Å². The number of aromatic nitrogens is 1. The van der Waals surface area contributed by atoms with Crippen molar-refractivity contribution in [2.24, 2.45) is 0 Å². The van der Waals surface area contributed by atoms with Gasteiger partial charge in [-0.05, 0) is 52.2 Å². The van der Waals surface area contributed by atoms with Crippen LogP contribution in [0.15, 0.2) is 46.0 Å². The molecule has 1 aromatic carbocycles. The average molecular weight is 356 g/mol. The number of halogens is 1. The van der Waals surface area contributed by atoms with E-state index in [2.05, 4.69) is 25.6 Å². The van der Waals surface area contributed by atoms with Crippen molar-refractivity contribution in [1.29, 1.82) is 0 Å². The molecule has 0 aliphatic carbocycles. The average Bonchev–Trinajstić information content (AvgIpc) is 2.41. The van der Waals surface area contributed by atoms with E-state index in [1.807, 2.05) is 6.92 Å². The van der Waals surface area contributed by atoms with Crippen LogP contribution in [-0.4, -0.2) is 13.4 Å². The number of sulfonamides is 1. The first-order valence-electron chi connectivity index (χ1n) is 5.96. The van der Waals surface area contributed by atoms with Crippen molar-refractivity contribution >= 4 is 37.3 Å². The van der Waals surface area contributed by atoms with E-state index in [1.165, 1.54) is 6.07 Å². The molecule has 0 fully saturated rings. The molecule has 1 heterocycles. The Balaban J connectivity index is 2.46. The van der Waals surface area contributed by atoms with Crippen LogP contribution in [0.25, 0.3) is 0 Å². The molecule has 0 radical (unpaired) electrons. The number of hydrogen-bond acceptors (Lipinski definition) is 4. The van der Waals surface area contributed by atoms with Gasteiger partial charge in [-0.1, -0.05) is 13.0 Å². The minimum atomic E-state index is -3.70. The quantitative estimate of drug-likeness (QED) is 0.652. The molecule has 2 rings (SSSR count). The number of nitrogens with two attached hydrogens (primary N) is 1. The van der Waals surface area contributed by atoms with Crippen LogP contribution in [0.2, 0.25) is 0 Å². The van der Waals surface area contributed by atoms with Gasteiger partial charge in [-0.3, -0.25) is 4.72 Å². The van der Waals surface area contributed by atoms with Gasteiger partial charge in [-0.25, -0.2) is 13.4 Å². The zero-order chi connectivity index (χ0) is 14.8. The van der Waals surface area contributed by atoms with Gasteiger partial charge in [-0.15, -0.1) is 0 Å². The fourth-order valence-corrected chi connectivity index (χ4v) is 3.67. The van der Waals surface area contributed by atoms with E-state index in [9.17, 15) is 8.42 Å². The molecule has 0 spiro atoms. The standard InChI is InChI=1S/C13H14BrN3O2S/c1-2-9-5-6-10(15)8-12(9)20(18,19)17-11-4-3-7-16-13(11)14/h3-8,17H,2,15H2,1H3. The number of rotatable bonds is 4. The predicted molar refractivity (Wildman–Crippen MR) is 83.0 cm³/mol. The lowest BCUT2D eigenvalue weighted by molar-refractivity contribution is 0.600. The Bertz CT molecular complexity index is 732. The Morgan fingerprint density at radius 2 is 2.10 bits per heavy atom. The molecule has 0 unspecified atom stereocenters. The minimum Gasteiger partial charge on any atom is -0.399 e. The van der Waals surface area contributed by atoms with Crippen molar-refractivity contribution < 1.29 is 8.42 Å². The highest BCUT2D eigenvalue weighted by molar-refractivity contribution is 9.10. The molecule has 0 saturated heterocycles. The lowest BCUT2D eigenvalue weighted by Gasteiger charge is -2.12. The number of aryl methyl sites for hydroxylation is 1. The van der Waals surface area contributed by atoms with Crippen molar-refractivity contribution in [3.63, 3.8) is 0 Å². The van der Waals surface area contributed by atoms with E-state index >= 15 is 0 Å². The number of hydrogen-bond donors (Lipinski definition) is 2. The molecular formula is C13H14BrN3O2S. The second-order valence-electron chi connectivity index (χ2n) is 4.17. The second-order valence-corrected chi connectivity index (χ2v) is 6.57. The zero-order valence-corrected chi connectivity index (χ0v) is 13.2. The van der Waals surface area contributed by atoms with Crippen molar-refractivity contribution in [1.82, 2.24) is 4.98 Å². The van der Waals surface area contributed by atoms with Crippen molar-refractivity contribution in [2.75, 3.05) is 10.5 Å². The summed E-state index contributed by atoms with van der Waals surface area (Å²) in [6, 6.07) is 8.17. The molecule has 0 bridgehead atoms. The van der Waals surface area contributed by atoms with Gasteiger partial charge in [0.1, 0.15) is 4.60 Å². The van der Waals surface area contributed by atoms with Crippen LogP contribution >= 0.6 is 15.9 Å². The number of nitrogens with one attached hydrogen (secondary N) is 1. The fraction of sp³-hybridized carbons (Fsp3) is 0.154. The summed E-state index contributed by atoms with van der Waals surface area (Å²) in [7, 11) is -3.70. The number of nitrogen functional groups attached to an aromatic ring is 1. The number of benzene rings is 1. The molecule has 0 aliphatic heterocycles. The first-order chi connectivity index (χ1) is 9.44. The summed E-state index contributed by atoms with van der Waals surface area (Å²) in [6.07, 6.45) is 2.17. The molecule has 20 heavy (non-hydrogen) atoms. The van der Waals surface area contributed by atoms with E-state index < -0.39 is 10.0 Å². The molecule has 0 atom stereocenters. The van der Waals surface area contributed by atoms with E-state index in [0.29, 0.717) is 28.0 Å². The Kier molecular flexibility index (Phi) is 4.29. The Morgan fingerprint density at radius 3 is 2.75 bits per heavy atom. The highest BCUT2D eigenvalue weighted by atomic mass is 79.9. The normalized spacial score (nSPS) is 11.3. The molecule has 1 aromatic heterocycles. The predicted octanol–water partition coefficient (Wildman–Crippen LogP) is 2.79. The summed E-state index contributed by atoms with van der Waals surface area (Å²) in [4.78, 5) is 4.17. The maximum Gasteiger partial charge on any atom is 0.262 e. The Labute approximate surface area is 126 Å². The monoisotopic (exact) mass is 355 g/mol. The minimum absolute atomic E-state index is 0.191. The van der Waals surface area contributed by atoms with E-state index in [-0.39, 0.29) is 4.90 Å². The third kappa shape index (κ3) is 3.10. The van der Waals surface area contributed by atoms with Gasteiger partial charge in [0.2, 0.25) is 0 Å². The van der Waals surface area contributed by atoms with Crippen LogP contribution in [0, 0.1) is 0 Å². The van der Waals surface area contributed by atoms with Gasteiger partial charge in [0.05, 0.1) is 10.6 Å². The summed E-state index contributed by atoms with van der Waals surface area (Å²) in [5, 5.41) is 0. The molecule has 0 saturated carbocycles. The van der Waals surface area contributed by atoms with Crippen LogP contribution in [0.3, 0.4) is 0 Å². The van der Waals surface area contributed by atoms with Crippen LogP contribution in [0.5, 0.6) is 0 Å². The summed E-state index contributed by atoms with van der Waals surface area (Å²) in [5.74, 6) is 0. The lowest BCUT2D eigenvalue weighted by Crippen LogP contribution is -2.15. The molecule has 0 aliphatic rings. The highest BCUT2D eigenvalue weighted by Crippen LogP contribution is 2.25. The van der Waals surface area contributed by atoms with Crippen LogP contribution < -0.4 is 10.5 Å². The van der Waals surface area contributed by atoms with Gasteiger partial charge in [-0.2, -0.15) is 0 Å². The number of nitrogens with zero attached hydrogens (tertiary/aromatic N) is 1. The maximum atomic E-state index is 12.5. The molecule has 106 valence electrons. The third-order valence-electron chi connectivity index (χ3n) is 2.77.